The van der Waals surface area contributed by atoms with Crippen molar-refractivity contribution in [1.82, 2.24) is 14.7 Å². The van der Waals surface area contributed by atoms with Gasteiger partial charge in [-0.25, -0.2) is 4.68 Å². The Labute approximate surface area is 141 Å². The molecule has 128 valence electrons. The highest BCUT2D eigenvalue weighted by molar-refractivity contribution is 5.95. The van der Waals surface area contributed by atoms with Crippen molar-refractivity contribution < 1.29 is 9.90 Å². The van der Waals surface area contributed by atoms with Crippen molar-refractivity contribution in [2.75, 3.05) is 13.1 Å². The van der Waals surface area contributed by atoms with Gasteiger partial charge < -0.3 is 15.7 Å². The van der Waals surface area contributed by atoms with Crippen LogP contribution in [-0.4, -0.2) is 44.8 Å². The maximum atomic E-state index is 12.7. The molecule has 24 heavy (non-hydrogen) atoms. The molecule has 0 spiro atoms. The molecule has 3 N–H and O–H groups in total. The number of likely N-dealkylation sites (tertiary alicyclic amines) is 1. The van der Waals surface area contributed by atoms with E-state index in [0.29, 0.717) is 19.0 Å². The zero-order chi connectivity index (χ0) is 17.3. The molecule has 1 aromatic heterocycles. The lowest BCUT2D eigenvalue weighted by molar-refractivity contribution is 0.0732. The fraction of sp³-hybridized carbons (Fsp3) is 0.444. The topological polar surface area (TPSA) is 84.4 Å². The Balaban J connectivity index is 1.86. The number of hydrogen-bond acceptors (Lipinski definition) is 4. The van der Waals surface area contributed by atoms with Gasteiger partial charge in [-0.15, -0.1) is 0 Å². The quantitative estimate of drug-likeness (QED) is 0.901. The third-order valence-electron chi connectivity index (χ3n) is 4.63. The number of aromatic nitrogens is 2. The number of nitrogens with zero attached hydrogens (tertiary/aromatic N) is 3. The first kappa shape index (κ1) is 16.5. The lowest BCUT2D eigenvalue weighted by Crippen LogP contribution is -2.40. The van der Waals surface area contributed by atoms with Crippen LogP contribution in [-0.2, 0) is 0 Å². The van der Waals surface area contributed by atoms with Gasteiger partial charge in [-0.05, 0) is 36.5 Å². The van der Waals surface area contributed by atoms with Gasteiger partial charge in [0.05, 0.1) is 11.9 Å². The minimum Gasteiger partial charge on any atom is -0.504 e. The normalized spacial score (nSPS) is 17.7. The second-order valence-electron chi connectivity index (χ2n) is 6.58. The molecule has 1 unspecified atom stereocenters. The zero-order valence-corrected chi connectivity index (χ0v) is 14.1. The van der Waals surface area contributed by atoms with E-state index in [2.05, 4.69) is 18.9 Å². The zero-order valence-electron chi connectivity index (χ0n) is 14.1. The number of amides is 1. The number of hydrogen-bond donors (Lipinski definition) is 2. The Morgan fingerprint density at radius 2 is 2.08 bits per heavy atom. The molecule has 3 rings (SSSR count). The predicted octanol–water partition coefficient (Wildman–Crippen LogP) is 2.26. The smallest absolute Gasteiger partial charge is 0.278 e. The summed E-state index contributed by atoms with van der Waals surface area (Å²) in [5.41, 5.74) is 7.86. The number of carbonyl (C=O) groups excluding carboxylic acids is 1. The molecule has 0 bridgehead atoms. The van der Waals surface area contributed by atoms with Crippen LogP contribution in [0.15, 0.2) is 30.5 Å². The minimum absolute atomic E-state index is 0.0346. The van der Waals surface area contributed by atoms with E-state index < -0.39 is 0 Å². The Kier molecular flexibility index (Phi) is 4.57. The molecule has 0 aliphatic carbocycles. The number of nitrogens with two attached hydrogens (primary N) is 1. The molecule has 1 fully saturated rings. The minimum atomic E-state index is -0.252. The highest BCUT2D eigenvalue weighted by atomic mass is 16.3. The van der Waals surface area contributed by atoms with Crippen molar-refractivity contribution in [3.63, 3.8) is 0 Å². The van der Waals surface area contributed by atoms with E-state index in [1.807, 2.05) is 24.3 Å². The van der Waals surface area contributed by atoms with Crippen molar-refractivity contribution in [3.05, 3.63) is 41.7 Å². The standard InChI is InChI=1S/C18H24N4O2/c1-12(2)13-5-7-14(8-6-13)22-11-16(23)17(20-22)18(24)21-9-3-4-15(21)10-19/h5-8,11-12,15,23H,3-4,9-10,19H2,1-2H3. The van der Waals surface area contributed by atoms with Crippen LogP contribution < -0.4 is 5.73 Å². The van der Waals surface area contributed by atoms with E-state index in [4.69, 9.17) is 5.73 Å². The van der Waals surface area contributed by atoms with Gasteiger partial charge >= 0.3 is 0 Å². The van der Waals surface area contributed by atoms with Crippen LogP contribution in [0.25, 0.3) is 5.69 Å². The van der Waals surface area contributed by atoms with Crippen LogP contribution in [0, 0.1) is 0 Å². The Morgan fingerprint density at radius 3 is 2.71 bits per heavy atom. The van der Waals surface area contributed by atoms with E-state index in [1.165, 1.54) is 11.8 Å². The van der Waals surface area contributed by atoms with E-state index in [0.717, 1.165) is 18.5 Å². The largest absolute Gasteiger partial charge is 0.504 e. The third kappa shape index (κ3) is 3.01. The average Bonchev–Trinajstić information content (AvgIpc) is 3.20. The van der Waals surface area contributed by atoms with Crippen LogP contribution in [0.2, 0.25) is 0 Å². The molecule has 6 heteroatoms. The van der Waals surface area contributed by atoms with Crippen LogP contribution in [0.5, 0.6) is 5.75 Å². The van der Waals surface area contributed by atoms with Gasteiger partial charge in [0.2, 0.25) is 0 Å². The Morgan fingerprint density at radius 1 is 1.38 bits per heavy atom. The van der Waals surface area contributed by atoms with Crippen LogP contribution in [0.1, 0.15) is 48.7 Å². The van der Waals surface area contributed by atoms with Gasteiger partial charge in [-0.1, -0.05) is 26.0 Å². The number of aromatic hydroxyl groups is 1. The molecule has 2 heterocycles. The second-order valence-corrected chi connectivity index (χ2v) is 6.58. The van der Waals surface area contributed by atoms with Crippen molar-refractivity contribution in [1.29, 1.82) is 0 Å². The maximum Gasteiger partial charge on any atom is 0.278 e. The van der Waals surface area contributed by atoms with Crippen LogP contribution in [0.3, 0.4) is 0 Å². The van der Waals surface area contributed by atoms with Crippen LogP contribution >= 0.6 is 0 Å². The fourth-order valence-corrected chi connectivity index (χ4v) is 3.15. The first-order valence-electron chi connectivity index (χ1n) is 8.41. The van der Waals surface area contributed by atoms with Gasteiger partial charge in [0.15, 0.2) is 11.4 Å². The number of benzene rings is 1. The van der Waals surface area contributed by atoms with Gasteiger partial charge in [0.25, 0.3) is 5.91 Å². The van der Waals surface area contributed by atoms with E-state index >= 15 is 0 Å². The molecular formula is C18H24N4O2. The molecule has 1 amide bonds. The van der Waals surface area contributed by atoms with Crippen molar-refractivity contribution in [2.45, 2.75) is 38.6 Å². The molecule has 1 saturated heterocycles. The molecule has 0 radical (unpaired) electrons. The SMILES string of the molecule is CC(C)c1ccc(-n2cc(O)c(C(=O)N3CCCC3CN)n2)cc1. The van der Waals surface area contributed by atoms with Crippen molar-refractivity contribution in [2.24, 2.45) is 5.73 Å². The van der Waals surface area contributed by atoms with Crippen molar-refractivity contribution >= 4 is 5.91 Å². The van der Waals surface area contributed by atoms with Crippen molar-refractivity contribution in [3.8, 4) is 11.4 Å². The second kappa shape index (κ2) is 6.65. The lowest BCUT2D eigenvalue weighted by Gasteiger charge is -2.22. The molecule has 0 saturated carbocycles. The van der Waals surface area contributed by atoms with Gasteiger partial charge in [-0.2, -0.15) is 5.10 Å². The third-order valence-corrected chi connectivity index (χ3v) is 4.63. The summed E-state index contributed by atoms with van der Waals surface area (Å²) in [6.07, 6.45) is 3.32. The predicted molar refractivity (Wildman–Crippen MR) is 92.4 cm³/mol. The summed E-state index contributed by atoms with van der Waals surface area (Å²) in [6, 6.07) is 7.98. The summed E-state index contributed by atoms with van der Waals surface area (Å²) in [7, 11) is 0. The lowest BCUT2D eigenvalue weighted by atomic mass is 10.0. The Bertz CT molecular complexity index is 721. The molecule has 6 nitrogen and oxygen atoms in total. The first-order valence-corrected chi connectivity index (χ1v) is 8.41. The highest BCUT2D eigenvalue weighted by Crippen LogP contribution is 2.25. The molecule has 2 aromatic rings. The van der Waals surface area contributed by atoms with E-state index in [9.17, 15) is 9.90 Å². The number of carbonyl (C=O) groups is 1. The fourth-order valence-electron chi connectivity index (χ4n) is 3.15. The summed E-state index contributed by atoms with van der Waals surface area (Å²) >= 11 is 0. The summed E-state index contributed by atoms with van der Waals surface area (Å²) in [5.74, 6) is 0.0965. The van der Waals surface area contributed by atoms with Gasteiger partial charge in [0, 0.05) is 19.1 Å². The highest BCUT2D eigenvalue weighted by Gasteiger charge is 2.31. The van der Waals surface area contributed by atoms with E-state index in [1.54, 1.807) is 9.58 Å². The molecular weight excluding hydrogens is 304 g/mol. The molecule has 1 atom stereocenters. The average molecular weight is 328 g/mol. The number of rotatable bonds is 4. The Hall–Kier alpha value is -2.34. The van der Waals surface area contributed by atoms with Gasteiger partial charge in [-0.3, -0.25) is 4.79 Å². The summed E-state index contributed by atoms with van der Waals surface area (Å²) in [5, 5.41) is 14.5. The molecule has 1 aromatic carbocycles. The van der Waals surface area contributed by atoms with Crippen LogP contribution in [0.4, 0.5) is 0 Å². The van der Waals surface area contributed by atoms with Gasteiger partial charge in [0.1, 0.15) is 0 Å². The summed E-state index contributed by atoms with van der Waals surface area (Å²) < 4.78 is 1.54. The first-order chi connectivity index (χ1) is 11.5. The molecule has 1 aliphatic rings. The van der Waals surface area contributed by atoms with E-state index in [-0.39, 0.29) is 23.4 Å². The molecule has 1 aliphatic heterocycles. The maximum absolute atomic E-state index is 12.7. The summed E-state index contributed by atoms with van der Waals surface area (Å²) in [6.45, 7) is 5.37. The monoisotopic (exact) mass is 328 g/mol. The summed E-state index contributed by atoms with van der Waals surface area (Å²) in [4.78, 5) is 14.4.